The van der Waals surface area contributed by atoms with Gasteiger partial charge in [0.1, 0.15) is 11.5 Å². The first-order valence-corrected chi connectivity index (χ1v) is 11.0. The van der Waals surface area contributed by atoms with Crippen molar-refractivity contribution in [3.05, 3.63) is 23.8 Å². The molecule has 0 spiro atoms. The summed E-state index contributed by atoms with van der Waals surface area (Å²) in [5.41, 5.74) is 0.638. The molecule has 1 amide bonds. The Bertz CT molecular complexity index is 654. The molecule has 0 bridgehead atoms. The Labute approximate surface area is 174 Å². The number of carbonyl (C=O) groups excluding carboxylic acids is 1. The minimum Gasteiger partial charge on any atom is -0.493 e. The fourth-order valence-electron chi connectivity index (χ4n) is 3.80. The van der Waals surface area contributed by atoms with Crippen LogP contribution in [0.3, 0.4) is 0 Å². The summed E-state index contributed by atoms with van der Waals surface area (Å²) in [5, 5.41) is 3.42. The fraction of sp³-hybridized carbons (Fsp3) is 0.696. The molecule has 1 unspecified atom stereocenters. The van der Waals surface area contributed by atoms with E-state index in [2.05, 4.69) is 19.2 Å². The number of nitrogens with zero attached hydrogens (tertiary/aromatic N) is 1. The van der Waals surface area contributed by atoms with Crippen molar-refractivity contribution in [2.45, 2.75) is 58.0 Å². The van der Waals surface area contributed by atoms with Crippen molar-refractivity contribution < 1.29 is 19.0 Å². The Morgan fingerprint density at radius 2 is 1.90 bits per heavy atom. The first kappa shape index (κ1) is 21.9. The number of benzene rings is 1. The predicted octanol–water partition coefficient (Wildman–Crippen LogP) is 3.49. The summed E-state index contributed by atoms with van der Waals surface area (Å²) >= 11 is 0. The van der Waals surface area contributed by atoms with E-state index in [1.165, 1.54) is 12.8 Å². The molecule has 1 aliphatic carbocycles. The summed E-state index contributed by atoms with van der Waals surface area (Å²) < 4.78 is 17.0. The molecule has 1 atom stereocenters. The van der Waals surface area contributed by atoms with E-state index in [0.717, 1.165) is 38.1 Å². The standard InChI is InChI=1S/C23H36N2O4/c1-17(2)25(20-6-4-9-24-15-20)23(26)19-12-21(28-11-5-10-27-3)14-22(13-19)29-16-18-7-8-18/h12-14,17-18,20,24H,4-11,15-16H2,1-3H3. The molecule has 3 rings (SSSR count). The summed E-state index contributed by atoms with van der Waals surface area (Å²) in [6, 6.07) is 5.98. The SMILES string of the molecule is COCCCOc1cc(OCC2CC2)cc(C(=O)N(C(C)C)C2CCCNC2)c1. The summed E-state index contributed by atoms with van der Waals surface area (Å²) in [6.07, 6.45) is 5.40. The zero-order valence-electron chi connectivity index (χ0n) is 18.1. The van der Waals surface area contributed by atoms with E-state index in [4.69, 9.17) is 14.2 Å². The van der Waals surface area contributed by atoms with Gasteiger partial charge in [-0.25, -0.2) is 0 Å². The molecule has 2 aliphatic rings. The van der Waals surface area contributed by atoms with Crippen LogP contribution in [0.5, 0.6) is 11.5 Å². The number of hydrogen-bond acceptors (Lipinski definition) is 5. The Kier molecular flexibility index (Phi) is 8.19. The third kappa shape index (κ3) is 6.61. The van der Waals surface area contributed by atoms with Gasteiger partial charge < -0.3 is 24.4 Å². The summed E-state index contributed by atoms with van der Waals surface area (Å²) in [7, 11) is 1.68. The van der Waals surface area contributed by atoms with Gasteiger partial charge in [0.15, 0.2) is 0 Å². The van der Waals surface area contributed by atoms with Gasteiger partial charge in [0.25, 0.3) is 5.91 Å². The second-order valence-electron chi connectivity index (χ2n) is 8.45. The number of nitrogens with one attached hydrogen (secondary N) is 1. The molecule has 1 aromatic rings. The number of hydrogen-bond donors (Lipinski definition) is 1. The number of methoxy groups -OCH3 is 1. The molecule has 0 aromatic heterocycles. The van der Waals surface area contributed by atoms with Gasteiger partial charge in [-0.2, -0.15) is 0 Å². The van der Waals surface area contributed by atoms with E-state index in [-0.39, 0.29) is 18.0 Å². The van der Waals surface area contributed by atoms with Crippen molar-refractivity contribution in [1.82, 2.24) is 10.2 Å². The maximum atomic E-state index is 13.5. The topological polar surface area (TPSA) is 60.0 Å². The van der Waals surface area contributed by atoms with Gasteiger partial charge in [0.2, 0.25) is 0 Å². The third-order valence-electron chi connectivity index (χ3n) is 5.53. The summed E-state index contributed by atoms with van der Waals surface area (Å²) in [6.45, 7) is 7.96. The molecule has 6 nitrogen and oxygen atoms in total. The van der Waals surface area contributed by atoms with Crippen molar-refractivity contribution in [3.63, 3.8) is 0 Å². The molecule has 0 radical (unpaired) electrons. The monoisotopic (exact) mass is 404 g/mol. The van der Waals surface area contributed by atoms with Crippen LogP contribution in [0.4, 0.5) is 0 Å². The van der Waals surface area contributed by atoms with Crippen molar-refractivity contribution in [3.8, 4) is 11.5 Å². The lowest BCUT2D eigenvalue weighted by Crippen LogP contribution is -2.51. The number of amides is 1. The maximum absolute atomic E-state index is 13.5. The smallest absolute Gasteiger partial charge is 0.254 e. The lowest BCUT2D eigenvalue weighted by molar-refractivity contribution is 0.0572. The second kappa shape index (κ2) is 10.8. The van der Waals surface area contributed by atoms with Gasteiger partial charge >= 0.3 is 0 Å². The Hall–Kier alpha value is -1.79. The molecule has 2 fully saturated rings. The highest BCUT2D eigenvalue weighted by molar-refractivity contribution is 5.95. The van der Waals surface area contributed by atoms with Crippen molar-refractivity contribution >= 4 is 5.91 Å². The molecule has 6 heteroatoms. The maximum Gasteiger partial charge on any atom is 0.254 e. The Balaban J connectivity index is 1.77. The largest absolute Gasteiger partial charge is 0.493 e. The average Bonchev–Trinajstić information content (AvgIpc) is 3.55. The van der Waals surface area contributed by atoms with Gasteiger partial charge in [-0.1, -0.05) is 0 Å². The number of rotatable bonds is 11. The van der Waals surface area contributed by atoms with Gasteiger partial charge in [-0.05, 0) is 64.1 Å². The molecule has 29 heavy (non-hydrogen) atoms. The van der Waals surface area contributed by atoms with E-state index < -0.39 is 0 Å². The van der Waals surface area contributed by atoms with Crippen LogP contribution < -0.4 is 14.8 Å². The van der Waals surface area contributed by atoms with E-state index >= 15 is 0 Å². The number of piperidine rings is 1. The molecular weight excluding hydrogens is 368 g/mol. The number of ether oxygens (including phenoxy) is 3. The summed E-state index contributed by atoms with van der Waals surface area (Å²) in [5.74, 6) is 2.10. The van der Waals surface area contributed by atoms with Crippen molar-refractivity contribution in [2.75, 3.05) is 40.0 Å². The molecule has 162 valence electrons. The summed E-state index contributed by atoms with van der Waals surface area (Å²) in [4.78, 5) is 15.5. The van der Waals surface area contributed by atoms with E-state index in [1.807, 2.05) is 23.1 Å². The van der Waals surface area contributed by atoms with Gasteiger partial charge in [0, 0.05) is 50.4 Å². The van der Waals surface area contributed by atoms with Gasteiger partial charge in [-0.3, -0.25) is 4.79 Å². The molecule has 1 aliphatic heterocycles. The van der Waals surface area contributed by atoms with Crippen LogP contribution in [0.1, 0.15) is 56.3 Å². The first-order chi connectivity index (χ1) is 14.1. The quantitative estimate of drug-likeness (QED) is 0.572. The normalized spacial score (nSPS) is 19.2. The highest BCUT2D eigenvalue weighted by Gasteiger charge is 2.29. The molecule has 1 saturated carbocycles. The molecular formula is C23H36N2O4. The zero-order chi connectivity index (χ0) is 20.6. The van der Waals surface area contributed by atoms with Crippen molar-refractivity contribution in [1.29, 1.82) is 0 Å². The van der Waals surface area contributed by atoms with Crippen molar-refractivity contribution in [2.24, 2.45) is 5.92 Å². The van der Waals surface area contributed by atoms with Crippen LogP contribution in [0, 0.1) is 5.92 Å². The van der Waals surface area contributed by atoms with E-state index in [0.29, 0.717) is 37.1 Å². The van der Waals surface area contributed by atoms with E-state index in [9.17, 15) is 4.79 Å². The van der Waals surface area contributed by atoms with Crippen LogP contribution in [0.2, 0.25) is 0 Å². The van der Waals surface area contributed by atoms with Gasteiger partial charge in [-0.15, -0.1) is 0 Å². The van der Waals surface area contributed by atoms with Crippen LogP contribution in [0.15, 0.2) is 18.2 Å². The van der Waals surface area contributed by atoms with E-state index in [1.54, 1.807) is 7.11 Å². The second-order valence-corrected chi connectivity index (χ2v) is 8.45. The number of carbonyl (C=O) groups is 1. The molecule has 1 heterocycles. The zero-order valence-corrected chi connectivity index (χ0v) is 18.1. The van der Waals surface area contributed by atoms with Crippen LogP contribution in [-0.2, 0) is 4.74 Å². The predicted molar refractivity (Wildman–Crippen MR) is 114 cm³/mol. The fourth-order valence-corrected chi connectivity index (χ4v) is 3.80. The third-order valence-corrected chi connectivity index (χ3v) is 5.53. The first-order valence-electron chi connectivity index (χ1n) is 11.0. The highest BCUT2D eigenvalue weighted by Crippen LogP contribution is 2.31. The van der Waals surface area contributed by atoms with Crippen LogP contribution in [-0.4, -0.2) is 62.9 Å². The minimum absolute atomic E-state index is 0.0484. The van der Waals surface area contributed by atoms with Crippen LogP contribution >= 0.6 is 0 Å². The van der Waals surface area contributed by atoms with Gasteiger partial charge in [0.05, 0.1) is 13.2 Å². The highest BCUT2D eigenvalue weighted by atomic mass is 16.5. The lowest BCUT2D eigenvalue weighted by atomic mass is 10.0. The Morgan fingerprint density at radius 3 is 2.52 bits per heavy atom. The average molecular weight is 405 g/mol. The van der Waals surface area contributed by atoms with Crippen LogP contribution in [0.25, 0.3) is 0 Å². The lowest BCUT2D eigenvalue weighted by Gasteiger charge is -2.37. The molecule has 1 aromatic carbocycles. The molecule has 1 saturated heterocycles. The Morgan fingerprint density at radius 1 is 1.14 bits per heavy atom. The minimum atomic E-state index is 0.0484. The molecule has 1 N–H and O–H groups in total.